The number of rotatable bonds is 7. The van der Waals surface area contributed by atoms with Gasteiger partial charge in [-0.15, -0.1) is 0 Å². The summed E-state index contributed by atoms with van der Waals surface area (Å²) in [6, 6.07) is 14.4. The summed E-state index contributed by atoms with van der Waals surface area (Å²) in [5, 5.41) is 0.498. The van der Waals surface area contributed by atoms with Crippen molar-refractivity contribution >= 4 is 40.5 Å². The Hall–Kier alpha value is -2.86. The van der Waals surface area contributed by atoms with E-state index in [9.17, 15) is 9.59 Å². The molecule has 162 valence electrons. The molecule has 0 saturated heterocycles. The van der Waals surface area contributed by atoms with Crippen molar-refractivity contribution in [1.29, 1.82) is 0 Å². The third-order valence-corrected chi connectivity index (χ3v) is 6.04. The molecular weight excluding hydrogens is 414 g/mol. The number of halogens is 1. The summed E-state index contributed by atoms with van der Waals surface area (Å²) in [6.07, 6.45) is 2.85. The molecule has 1 aromatic heterocycles. The van der Waals surface area contributed by atoms with E-state index in [1.165, 1.54) is 0 Å². The van der Waals surface area contributed by atoms with Gasteiger partial charge in [-0.1, -0.05) is 61.7 Å². The maximum Gasteiger partial charge on any atom is 0.321 e. The van der Waals surface area contributed by atoms with Crippen molar-refractivity contribution in [3.05, 3.63) is 59.1 Å². The highest BCUT2D eigenvalue weighted by molar-refractivity contribution is 6.31. The quantitative estimate of drug-likeness (QED) is 0.295. The summed E-state index contributed by atoms with van der Waals surface area (Å²) in [5.41, 5.74) is 2.32. The molecule has 2 heterocycles. The molecule has 1 amide bonds. The standard InChI is InChI=1S/C24H26ClN3O3/c1-3-5-10-15-27-22(29)20(23(30)31-4-2)21(16-11-6-7-12-17(16)25)28-19-14-9-8-13-18(19)26-24(27)28/h6-9,11-14,20-21H,3-5,10,15H2,1-2H3/t20-,21-/m1/s1. The van der Waals surface area contributed by atoms with Crippen molar-refractivity contribution in [2.75, 3.05) is 18.1 Å². The Bertz CT molecular complexity index is 1110. The number of carbonyl (C=O) groups is 2. The maximum absolute atomic E-state index is 13.7. The number of benzene rings is 2. The zero-order chi connectivity index (χ0) is 22.0. The summed E-state index contributed by atoms with van der Waals surface area (Å²) in [4.78, 5) is 33.2. The van der Waals surface area contributed by atoms with Crippen molar-refractivity contribution in [1.82, 2.24) is 9.55 Å². The topological polar surface area (TPSA) is 64.4 Å². The van der Waals surface area contributed by atoms with Crippen LogP contribution in [0.1, 0.15) is 44.7 Å². The van der Waals surface area contributed by atoms with Gasteiger partial charge in [0.15, 0.2) is 5.92 Å². The molecule has 1 aliphatic rings. The first-order chi connectivity index (χ1) is 15.1. The monoisotopic (exact) mass is 439 g/mol. The van der Waals surface area contributed by atoms with Crippen LogP contribution < -0.4 is 4.90 Å². The van der Waals surface area contributed by atoms with Crippen LogP contribution in [0.3, 0.4) is 0 Å². The van der Waals surface area contributed by atoms with Crippen LogP contribution in [0.5, 0.6) is 0 Å². The number of fused-ring (bicyclic) bond motifs is 3. The molecule has 0 spiro atoms. The normalized spacial score (nSPS) is 18.3. The molecule has 2 aromatic carbocycles. The molecule has 2 atom stereocenters. The second-order valence-electron chi connectivity index (χ2n) is 7.66. The Kier molecular flexibility index (Phi) is 6.28. The van der Waals surface area contributed by atoms with Crippen LogP contribution in [-0.4, -0.2) is 34.6 Å². The molecule has 0 aliphatic carbocycles. The van der Waals surface area contributed by atoms with Crippen molar-refractivity contribution in [3.8, 4) is 0 Å². The molecule has 0 bridgehead atoms. The van der Waals surface area contributed by atoms with Crippen molar-refractivity contribution in [2.45, 2.75) is 39.2 Å². The van der Waals surface area contributed by atoms with Gasteiger partial charge < -0.3 is 9.30 Å². The van der Waals surface area contributed by atoms with E-state index in [1.807, 2.05) is 47.0 Å². The average Bonchev–Trinajstić information content (AvgIpc) is 3.14. The minimum absolute atomic E-state index is 0.200. The van der Waals surface area contributed by atoms with E-state index in [0.717, 1.165) is 30.3 Å². The number of amides is 1. The molecule has 0 unspecified atom stereocenters. The Balaban J connectivity index is 1.96. The van der Waals surface area contributed by atoms with Gasteiger partial charge in [0.05, 0.1) is 23.7 Å². The number of carbonyl (C=O) groups excluding carboxylic acids is 2. The molecule has 0 N–H and O–H groups in total. The number of aromatic nitrogens is 2. The van der Waals surface area contributed by atoms with Crippen LogP contribution >= 0.6 is 11.6 Å². The van der Waals surface area contributed by atoms with Gasteiger partial charge in [-0.3, -0.25) is 14.5 Å². The lowest BCUT2D eigenvalue weighted by Crippen LogP contribution is -2.50. The van der Waals surface area contributed by atoms with Crippen LogP contribution in [0, 0.1) is 5.92 Å². The first kappa shape index (κ1) is 21.4. The summed E-state index contributed by atoms with van der Waals surface area (Å²) in [6.45, 7) is 4.56. The number of imidazole rings is 1. The summed E-state index contributed by atoms with van der Waals surface area (Å²) >= 11 is 6.57. The molecular formula is C24H26ClN3O3. The number of esters is 1. The van der Waals surface area contributed by atoms with Crippen LogP contribution in [-0.2, 0) is 14.3 Å². The lowest BCUT2D eigenvalue weighted by atomic mass is 9.89. The molecule has 7 heteroatoms. The van der Waals surface area contributed by atoms with Gasteiger partial charge in [0.2, 0.25) is 11.9 Å². The molecule has 0 fully saturated rings. The highest BCUT2D eigenvalue weighted by atomic mass is 35.5. The van der Waals surface area contributed by atoms with Gasteiger partial charge in [0.25, 0.3) is 0 Å². The third-order valence-electron chi connectivity index (χ3n) is 5.69. The number of ether oxygens (including phenoxy) is 1. The fraction of sp³-hybridized carbons (Fsp3) is 0.375. The Labute approximate surface area is 186 Å². The van der Waals surface area contributed by atoms with Gasteiger partial charge in [-0.2, -0.15) is 0 Å². The molecule has 0 radical (unpaired) electrons. The van der Waals surface area contributed by atoms with Gasteiger partial charge in [0, 0.05) is 11.6 Å². The SMILES string of the molecule is CCCCCN1C(=O)[C@H](C(=O)OCC)[C@@H](c2ccccc2Cl)n2c1nc1ccccc12. The summed E-state index contributed by atoms with van der Waals surface area (Å²) in [5.74, 6) is -1.32. The van der Waals surface area contributed by atoms with E-state index in [-0.39, 0.29) is 12.5 Å². The molecule has 6 nitrogen and oxygen atoms in total. The van der Waals surface area contributed by atoms with E-state index >= 15 is 0 Å². The summed E-state index contributed by atoms with van der Waals surface area (Å²) < 4.78 is 7.34. The van der Waals surface area contributed by atoms with E-state index in [2.05, 4.69) is 6.92 Å². The van der Waals surface area contributed by atoms with Crippen LogP contribution in [0.25, 0.3) is 11.0 Å². The molecule has 3 aromatic rings. The predicted octanol–water partition coefficient (Wildman–Crippen LogP) is 5.00. The fourth-order valence-electron chi connectivity index (χ4n) is 4.27. The van der Waals surface area contributed by atoms with Crippen molar-refractivity contribution in [2.24, 2.45) is 5.92 Å². The second-order valence-corrected chi connectivity index (χ2v) is 8.07. The molecule has 0 saturated carbocycles. The number of para-hydroxylation sites is 2. The van der Waals surface area contributed by atoms with Gasteiger partial charge in [-0.05, 0) is 37.1 Å². The summed E-state index contributed by atoms with van der Waals surface area (Å²) in [7, 11) is 0. The van der Waals surface area contributed by atoms with Gasteiger partial charge in [0.1, 0.15) is 0 Å². The highest BCUT2D eigenvalue weighted by Gasteiger charge is 2.48. The third kappa shape index (κ3) is 3.81. The highest BCUT2D eigenvalue weighted by Crippen LogP contribution is 2.43. The van der Waals surface area contributed by atoms with E-state index in [0.29, 0.717) is 23.1 Å². The van der Waals surface area contributed by atoms with Crippen LogP contribution in [0.2, 0.25) is 5.02 Å². The minimum Gasteiger partial charge on any atom is -0.465 e. The Morgan fingerprint density at radius 3 is 2.58 bits per heavy atom. The second kappa shape index (κ2) is 9.10. The first-order valence-corrected chi connectivity index (χ1v) is 11.2. The molecule has 1 aliphatic heterocycles. The van der Waals surface area contributed by atoms with E-state index in [4.69, 9.17) is 21.3 Å². The Morgan fingerprint density at radius 1 is 1.10 bits per heavy atom. The lowest BCUT2D eigenvalue weighted by molar-refractivity contribution is -0.153. The zero-order valence-electron chi connectivity index (χ0n) is 17.8. The number of anilines is 1. The van der Waals surface area contributed by atoms with Crippen molar-refractivity contribution < 1.29 is 14.3 Å². The fourth-order valence-corrected chi connectivity index (χ4v) is 4.52. The maximum atomic E-state index is 13.7. The van der Waals surface area contributed by atoms with Crippen LogP contribution in [0.4, 0.5) is 5.95 Å². The Morgan fingerprint density at radius 2 is 1.84 bits per heavy atom. The number of nitrogens with zero attached hydrogens (tertiary/aromatic N) is 3. The number of unbranched alkanes of at least 4 members (excludes halogenated alkanes) is 2. The lowest BCUT2D eigenvalue weighted by Gasteiger charge is -2.38. The smallest absolute Gasteiger partial charge is 0.321 e. The molecule has 31 heavy (non-hydrogen) atoms. The van der Waals surface area contributed by atoms with Crippen LogP contribution in [0.15, 0.2) is 48.5 Å². The number of hydrogen-bond donors (Lipinski definition) is 0. The number of hydrogen-bond acceptors (Lipinski definition) is 4. The van der Waals surface area contributed by atoms with Crippen molar-refractivity contribution in [3.63, 3.8) is 0 Å². The average molecular weight is 440 g/mol. The minimum atomic E-state index is -1.04. The molecule has 4 rings (SSSR count). The zero-order valence-corrected chi connectivity index (χ0v) is 18.5. The van der Waals surface area contributed by atoms with Gasteiger partial charge >= 0.3 is 5.97 Å². The van der Waals surface area contributed by atoms with E-state index in [1.54, 1.807) is 17.9 Å². The van der Waals surface area contributed by atoms with E-state index < -0.39 is 17.9 Å². The van der Waals surface area contributed by atoms with Gasteiger partial charge in [-0.25, -0.2) is 4.98 Å². The predicted molar refractivity (Wildman–Crippen MR) is 121 cm³/mol. The largest absolute Gasteiger partial charge is 0.465 e. The first-order valence-electron chi connectivity index (χ1n) is 10.8.